The molecule has 0 saturated carbocycles. The van der Waals surface area contributed by atoms with E-state index >= 15 is 0 Å². The van der Waals surface area contributed by atoms with Crippen LogP contribution < -0.4 is 0 Å². The van der Waals surface area contributed by atoms with E-state index < -0.39 is 17.0 Å². The summed E-state index contributed by atoms with van der Waals surface area (Å²) in [5, 5.41) is 18.6. The smallest absolute Gasteiger partial charge is 0.340 e. The van der Waals surface area contributed by atoms with Crippen molar-refractivity contribution in [2.24, 2.45) is 0 Å². The van der Waals surface area contributed by atoms with Crippen LogP contribution in [-0.4, -0.2) is 26.1 Å². The van der Waals surface area contributed by atoms with Crippen LogP contribution in [0.1, 0.15) is 29.3 Å². The lowest BCUT2D eigenvalue weighted by Crippen LogP contribution is -2.10. The van der Waals surface area contributed by atoms with Gasteiger partial charge in [0.15, 0.2) is 6.10 Å². The molecule has 9 nitrogen and oxygen atoms in total. The van der Waals surface area contributed by atoms with E-state index in [0.717, 1.165) is 0 Å². The van der Waals surface area contributed by atoms with E-state index in [1.165, 1.54) is 36.5 Å². The van der Waals surface area contributed by atoms with E-state index in [1.807, 2.05) is 0 Å². The highest BCUT2D eigenvalue weighted by Crippen LogP contribution is 2.25. The van der Waals surface area contributed by atoms with Crippen LogP contribution in [-0.2, 0) is 4.74 Å². The lowest BCUT2D eigenvalue weighted by atomic mass is 10.2. The molecule has 138 valence electrons. The van der Waals surface area contributed by atoms with Gasteiger partial charge in [0.25, 0.3) is 11.6 Å². The summed E-state index contributed by atoms with van der Waals surface area (Å²) in [7, 11) is 0. The van der Waals surface area contributed by atoms with Crippen LogP contribution in [0.15, 0.2) is 40.9 Å². The van der Waals surface area contributed by atoms with Gasteiger partial charge in [-0.1, -0.05) is 23.2 Å². The number of ether oxygens (including phenoxy) is 1. The van der Waals surface area contributed by atoms with Crippen molar-refractivity contribution >= 4 is 34.9 Å². The summed E-state index contributed by atoms with van der Waals surface area (Å²) < 4.78 is 10.7. The molecule has 3 rings (SSSR count). The molecule has 0 spiro atoms. The van der Waals surface area contributed by atoms with Gasteiger partial charge in [-0.2, -0.15) is 0 Å². The number of rotatable bonds is 5. The number of carbonyl (C=O) groups excluding carboxylic acids is 1. The fourth-order valence-corrected chi connectivity index (χ4v) is 2.32. The third-order valence-corrected chi connectivity index (χ3v) is 4.12. The van der Waals surface area contributed by atoms with Crippen molar-refractivity contribution in [3.05, 3.63) is 68.3 Å². The van der Waals surface area contributed by atoms with Crippen molar-refractivity contribution in [1.29, 1.82) is 0 Å². The van der Waals surface area contributed by atoms with Gasteiger partial charge >= 0.3 is 5.97 Å². The summed E-state index contributed by atoms with van der Waals surface area (Å²) in [4.78, 5) is 26.1. The number of hydrogen-bond acceptors (Lipinski definition) is 8. The summed E-state index contributed by atoms with van der Waals surface area (Å²) >= 11 is 11.5. The van der Waals surface area contributed by atoms with Crippen molar-refractivity contribution in [3.63, 3.8) is 0 Å². The Morgan fingerprint density at radius 3 is 2.59 bits per heavy atom. The first-order chi connectivity index (χ1) is 12.8. The quantitative estimate of drug-likeness (QED) is 0.265. The number of non-ortho nitro benzene ring substituents is 1. The summed E-state index contributed by atoms with van der Waals surface area (Å²) in [6, 6.07) is 6.93. The molecule has 2 heterocycles. The van der Waals surface area contributed by atoms with Crippen LogP contribution in [0.3, 0.4) is 0 Å². The van der Waals surface area contributed by atoms with E-state index in [4.69, 9.17) is 32.4 Å². The standard InChI is InChI=1S/C16H10Cl2N4O5/c1-8(26-16(23)10-6-12(17)13(18)19-7-10)14-20-21-15(27-14)9-2-4-11(5-3-9)22(24)25/h2-8H,1H3. The van der Waals surface area contributed by atoms with Gasteiger partial charge in [0.1, 0.15) is 5.15 Å². The fraction of sp³-hybridized carbons (Fsp3) is 0.125. The number of nitro benzene ring substituents is 1. The molecule has 0 N–H and O–H groups in total. The molecule has 2 aromatic heterocycles. The topological polar surface area (TPSA) is 121 Å². The molecule has 0 saturated heterocycles. The predicted octanol–water partition coefficient (Wildman–Crippen LogP) is 4.26. The van der Waals surface area contributed by atoms with Crippen LogP contribution in [0.4, 0.5) is 5.69 Å². The SMILES string of the molecule is CC(OC(=O)c1cnc(Cl)c(Cl)c1)c1nnc(-c2ccc([N+](=O)[O-])cc2)o1. The average Bonchev–Trinajstić information content (AvgIpc) is 3.14. The van der Waals surface area contributed by atoms with Crippen LogP contribution in [0.5, 0.6) is 0 Å². The molecule has 0 amide bonds. The molecule has 1 aromatic carbocycles. The maximum Gasteiger partial charge on any atom is 0.340 e. The van der Waals surface area contributed by atoms with Crippen molar-refractivity contribution in [2.45, 2.75) is 13.0 Å². The number of benzene rings is 1. The Bertz CT molecular complexity index is 1010. The summed E-state index contributed by atoms with van der Waals surface area (Å²) in [6.45, 7) is 1.55. The van der Waals surface area contributed by atoms with Gasteiger partial charge < -0.3 is 9.15 Å². The third-order valence-electron chi connectivity index (χ3n) is 3.43. The summed E-state index contributed by atoms with van der Waals surface area (Å²) in [5.41, 5.74) is 0.550. The molecule has 27 heavy (non-hydrogen) atoms. The number of carbonyl (C=O) groups is 1. The molecule has 0 radical (unpaired) electrons. The Morgan fingerprint density at radius 2 is 1.96 bits per heavy atom. The number of nitro groups is 1. The van der Waals surface area contributed by atoms with Crippen molar-refractivity contribution in [3.8, 4) is 11.5 Å². The lowest BCUT2D eigenvalue weighted by Gasteiger charge is -2.09. The molecule has 0 aliphatic rings. The minimum absolute atomic E-state index is 0.0592. The molecule has 1 unspecified atom stereocenters. The van der Waals surface area contributed by atoms with Crippen molar-refractivity contribution in [2.75, 3.05) is 0 Å². The molecular formula is C16H10Cl2N4O5. The van der Waals surface area contributed by atoms with Crippen LogP contribution in [0.2, 0.25) is 10.2 Å². The highest BCUT2D eigenvalue weighted by molar-refractivity contribution is 6.41. The van der Waals surface area contributed by atoms with Crippen LogP contribution >= 0.6 is 23.2 Å². The average molecular weight is 409 g/mol. The largest absolute Gasteiger partial charge is 0.449 e. The van der Waals surface area contributed by atoms with Gasteiger partial charge in [-0.3, -0.25) is 10.1 Å². The Morgan fingerprint density at radius 1 is 1.26 bits per heavy atom. The lowest BCUT2D eigenvalue weighted by molar-refractivity contribution is -0.384. The van der Waals surface area contributed by atoms with E-state index in [0.29, 0.717) is 5.56 Å². The first-order valence-electron chi connectivity index (χ1n) is 7.45. The Hall–Kier alpha value is -3.04. The van der Waals surface area contributed by atoms with Crippen LogP contribution in [0.25, 0.3) is 11.5 Å². The Balaban J connectivity index is 1.72. The van der Waals surface area contributed by atoms with Gasteiger partial charge in [0.05, 0.1) is 15.5 Å². The zero-order chi connectivity index (χ0) is 19.6. The highest BCUT2D eigenvalue weighted by atomic mass is 35.5. The number of hydrogen-bond donors (Lipinski definition) is 0. The molecule has 1 atom stereocenters. The number of nitrogens with zero attached hydrogens (tertiary/aromatic N) is 4. The molecule has 0 bridgehead atoms. The molecule has 0 fully saturated rings. The van der Waals surface area contributed by atoms with Gasteiger partial charge in [-0.05, 0) is 25.1 Å². The second-order valence-electron chi connectivity index (χ2n) is 5.29. The first kappa shape index (κ1) is 18.7. The minimum atomic E-state index is -0.841. The highest BCUT2D eigenvalue weighted by Gasteiger charge is 2.21. The number of esters is 1. The van der Waals surface area contributed by atoms with E-state index in [-0.39, 0.29) is 33.2 Å². The number of pyridine rings is 1. The van der Waals surface area contributed by atoms with E-state index in [9.17, 15) is 14.9 Å². The second kappa shape index (κ2) is 7.68. The van der Waals surface area contributed by atoms with Gasteiger partial charge in [-0.15, -0.1) is 10.2 Å². The molecule has 0 aliphatic heterocycles. The normalized spacial score (nSPS) is 11.8. The molecule has 11 heteroatoms. The zero-order valence-corrected chi connectivity index (χ0v) is 15.1. The minimum Gasteiger partial charge on any atom is -0.449 e. The maximum atomic E-state index is 12.2. The van der Waals surface area contributed by atoms with Gasteiger partial charge in [-0.25, -0.2) is 9.78 Å². The van der Waals surface area contributed by atoms with Crippen molar-refractivity contribution in [1.82, 2.24) is 15.2 Å². The monoisotopic (exact) mass is 408 g/mol. The Kier molecular flexibility index (Phi) is 5.33. The second-order valence-corrected chi connectivity index (χ2v) is 6.06. The predicted molar refractivity (Wildman–Crippen MR) is 94.5 cm³/mol. The number of halogens is 2. The van der Waals surface area contributed by atoms with Crippen molar-refractivity contribution < 1.29 is 18.9 Å². The first-order valence-corrected chi connectivity index (χ1v) is 8.21. The van der Waals surface area contributed by atoms with Crippen LogP contribution in [0, 0.1) is 10.1 Å². The van der Waals surface area contributed by atoms with E-state index in [1.54, 1.807) is 6.92 Å². The molecular weight excluding hydrogens is 399 g/mol. The Labute approximate surface area is 162 Å². The summed E-state index contributed by atoms with van der Waals surface area (Å²) in [6.07, 6.45) is 0.394. The maximum absolute atomic E-state index is 12.2. The van der Waals surface area contributed by atoms with Gasteiger partial charge in [0.2, 0.25) is 5.89 Å². The third kappa shape index (κ3) is 4.21. The number of aromatic nitrogens is 3. The zero-order valence-electron chi connectivity index (χ0n) is 13.6. The van der Waals surface area contributed by atoms with E-state index in [2.05, 4.69) is 15.2 Å². The molecule has 0 aliphatic carbocycles. The van der Waals surface area contributed by atoms with Gasteiger partial charge in [0, 0.05) is 23.9 Å². The fourth-order valence-electron chi connectivity index (χ4n) is 2.05. The summed E-state index contributed by atoms with van der Waals surface area (Å²) in [5.74, 6) is -0.493. The molecule has 3 aromatic rings.